The highest BCUT2D eigenvalue weighted by Gasteiger charge is 2.23. The van der Waals surface area contributed by atoms with Crippen LogP contribution in [0.25, 0.3) is 11.3 Å². The first-order valence-corrected chi connectivity index (χ1v) is 11.3. The van der Waals surface area contributed by atoms with Crippen molar-refractivity contribution in [1.29, 1.82) is 0 Å². The summed E-state index contributed by atoms with van der Waals surface area (Å²) in [6, 6.07) is 14.4. The van der Waals surface area contributed by atoms with E-state index >= 15 is 0 Å². The maximum absolute atomic E-state index is 12.6. The molecule has 1 aromatic carbocycles. The number of thiophene rings is 1. The molecule has 0 unspecified atom stereocenters. The largest absolute Gasteiger partial charge is 0.465 e. The molecule has 10 heteroatoms. The SMILES string of the molecule is COC(=O)c1sccc1-c1ccc(C(=O)CCN2CCN(C(=O)c3ccccc3)CC2)o1.Cl.Cl. The first kappa shape index (κ1) is 27.6. The zero-order chi connectivity index (χ0) is 22.5. The number of methoxy groups -OCH3 is 1. The number of esters is 1. The average molecular weight is 525 g/mol. The molecule has 0 spiro atoms. The van der Waals surface area contributed by atoms with E-state index < -0.39 is 5.97 Å². The Morgan fingerprint density at radius 2 is 1.68 bits per heavy atom. The van der Waals surface area contributed by atoms with Crippen LogP contribution in [0.5, 0.6) is 0 Å². The summed E-state index contributed by atoms with van der Waals surface area (Å²) in [6.07, 6.45) is 0.326. The van der Waals surface area contributed by atoms with Crippen molar-refractivity contribution in [3.63, 3.8) is 0 Å². The van der Waals surface area contributed by atoms with Crippen LogP contribution >= 0.6 is 36.2 Å². The second-order valence-corrected chi connectivity index (χ2v) is 8.41. The van der Waals surface area contributed by atoms with Crippen LogP contribution in [0, 0.1) is 0 Å². The first-order chi connectivity index (χ1) is 15.6. The molecular weight excluding hydrogens is 499 g/mol. The fraction of sp³-hybridized carbons (Fsp3) is 0.292. The molecule has 1 fully saturated rings. The number of amides is 1. The minimum atomic E-state index is -0.427. The van der Waals surface area contributed by atoms with Crippen LogP contribution in [0.2, 0.25) is 0 Å². The summed E-state index contributed by atoms with van der Waals surface area (Å²) in [5.74, 6) is 0.283. The number of hydrogen-bond donors (Lipinski definition) is 0. The van der Waals surface area contributed by atoms with E-state index in [-0.39, 0.29) is 42.3 Å². The summed E-state index contributed by atoms with van der Waals surface area (Å²) in [6.45, 7) is 3.34. The van der Waals surface area contributed by atoms with Crippen molar-refractivity contribution in [1.82, 2.24) is 9.80 Å². The van der Waals surface area contributed by atoms with E-state index in [1.165, 1.54) is 18.4 Å². The molecule has 0 atom stereocenters. The van der Waals surface area contributed by atoms with Gasteiger partial charge >= 0.3 is 5.97 Å². The van der Waals surface area contributed by atoms with Gasteiger partial charge in [0.2, 0.25) is 0 Å². The maximum Gasteiger partial charge on any atom is 0.348 e. The molecule has 2 aromatic heterocycles. The summed E-state index contributed by atoms with van der Waals surface area (Å²) in [5.41, 5.74) is 1.32. The number of hydrogen-bond acceptors (Lipinski definition) is 7. The van der Waals surface area contributed by atoms with E-state index in [1.54, 1.807) is 23.6 Å². The fourth-order valence-corrected chi connectivity index (χ4v) is 4.52. The van der Waals surface area contributed by atoms with Crippen molar-refractivity contribution in [2.24, 2.45) is 0 Å². The Kier molecular flexibility index (Phi) is 10.3. The molecule has 34 heavy (non-hydrogen) atoms. The Hall–Kier alpha value is -2.65. The van der Waals surface area contributed by atoms with Crippen molar-refractivity contribution in [2.45, 2.75) is 6.42 Å². The lowest BCUT2D eigenvalue weighted by Gasteiger charge is -2.34. The molecule has 7 nitrogen and oxygen atoms in total. The Bertz CT molecular complexity index is 1110. The van der Waals surface area contributed by atoms with E-state index in [0.29, 0.717) is 47.8 Å². The van der Waals surface area contributed by atoms with Crippen molar-refractivity contribution in [2.75, 3.05) is 39.8 Å². The average Bonchev–Trinajstić information content (AvgIpc) is 3.52. The van der Waals surface area contributed by atoms with Gasteiger partial charge in [-0.3, -0.25) is 14.5 Å². The first-order valence-electron chi connectivity index (χ1n) is 10.4. The normalized spacial score (nSPS) is 13.5. The summed E-state index contributed by atoms with van der Waals surface area (Å²) >= 11 is 1.27. The summed E-state index contributed by atoms with van der Waals surface area (Å²) in [4.78, 5) is 41.6. The maximum atomic E-state index is 12.6. The number of piperazine rings is 1. The highest BCUT2D eigenvalue weighted by Crippen LogP contribution is 2.30. The number of ketones is 1. The molecule has 182 valence electrons. The topological polar surface area (TPSA) is 80.1 Å². The second kappa shape index (κ2) is 12.7. The zero-order valence-corrected chi connectivity index (χ0v) is 21.0. The number of benzene rings is 1. The minimum Gasteiger partial charge on any atom is -0.465 e. The third-order valence-electron chi connectivity index (χ3n) is 5.52. The summed E-state index contributed by atoms with van der Waals surface area (Å²) < 4.78 is 10.5. The van der Waals surface area contributed by atoms with Crippen LogP contribution in [0.15, 0.2) is 58.3 Å². The van der Waals surface area contributed by atoms with E-state index in [0.717, 1.165) is 13.1 Å². The van der Waals surface area contributed by atoms with E-state index in [4.69, 9.17) is 9.15 Å². The molecule has 1 aliphatic rings. The number of ether oxygens (including phenoxy) is 1. The molecule has 1 aliphatic heterocycles. The smallest absolute Gasteiger partial charge is 0.348 e. The standard InChI is InChI=1S/C24H24N2O5S.2ClH/c1-30-24(29)22-18(10-16-32-22)20-7-8-21(31-20)19(27)9-11-25-12-14-26(15-13-25)23(28)17-5-3-2-4-6-17;;/h2-8,10,16H,9,11-15H2,1H3;2*1H. The predicted molar refractivity (Wildman–Crippen MR) is 136 cm³/mol. The van der Waals surface area contributed by atoms with Crippen LogP contribution in [0.4, 0.5) is 0 Å². The van der Waals surface area contributed by atoms with Crippen LogP contribution in [0.1, 0.15) is 37.0 Å². The van der Waals surface area contributed by atoms with Crippen LogP contribution < -0.4 is 0 Å². The monoisotopic (exact) mass is 524 g/mol. The van der Waals surface area contributed by atoms with Gasteiger partial charge in [-0.05, 0) is 35.7 Å². The van der Waals surface area contributed by atoms with Gasteiger partial charge < -0.3 is 14.1 Å². The van der Waals surface area contributed by atoms with Gasteiger partial charge in [0, 0.05) is 50.3 Å². The predicted octanol–water partition coefficient (Wildman–Crippen LogP) is 4.67. The van der Waals surface area contributed by atoms with Gasteiger partial charge in [-0.1, -0.05) is 18.2 Å². The van der Waals surface area contributed by atoms with E-state index in [2.05, 4.69) is 4.90 Å². The van der Waals surface area contributed by atoms with E-state index in [9.17, 15) is 14.4 Å². The molecule has 0 radical (unpaired) electrons. The van der Waals surface area contributed by atoms with Gasteiger partial charge in [0.15, 0.2) is 11.5 Å². The number of nitrogens with zero attached hydrogens (tertiary/aromatic N) is 2. The van der Waals surface area contributed by atoms with Gasteiger partial charge in [-0.2, -0.15) is 0 Å². The van der Waals surface area contributed by atoms with Crippen molar-refractivity contribution >= 4 is 53.8 Å². The molecule has 0 bridgehead atoms. The molecular formula is C24H26Cl2N2O5S. The molecule has 3 aromatic rings. The number of carbonyl (C=O) groups excluding carboxylic acids is 3. The van der Waals surface area contributed by atoms with Crippen molar-refractivity contribution in [3.05, 3.63) is 70.1 Å². The fourth-order valence-electron chi connectivity index (χ4n) is 3.71. The number of Topliss-reactive ketones (excluding diaryl/α,β-unsaturated/α-hetero) is 1. The molecule has 0 aliphatic carbocycles. The molecule has 1 amide bonds. The zero-order valence-electron chi connectivity index (χ0n) is 18.6. The number of rotatable bonds is 7. The summed E-state index contributed by atoms with van der Waals surface area (Å²) in [7, 11) is 1.33. The lowest BCUT2D eigenvalue weighted by molar-refractivity contribution is 0.0605. The van der Waals surface area contributed by atoms with Crippen molar-refractivity contribution < 1.29 is 23.5 Å². The van der Waals surface area contributed by atoms with Crippen LogP contribution in [-0.4, -0.2) is 67.3 Å². The summed E-state index contributed by atoms with van der Waals surface area (Å²) in [5, 5.41) is 1.79. The molecule has 0 N–H and O–H groups in total. The van der Waals surface area contributed by atoms with Gasteiger partial charge in [-0.15, -0.1) is 36.2 Å². The van der Waals surface area contributed by atoms with Crippen LogP contribution in [0.3, 0.4) is 0 Å². The number of halogens is 2. The third-order valence-corrected chi connectivity index (χ3v) is 6.41. The van der Waals surface area contributed by atoms with Crippen molar-refractivity contribution in [3.8, 4) is 11.3 Å². The Morgan fingerprint density at radius 3 is 2.35 bits per heavy atom. The lowest BCUT2D eigenvalue weighted by atomic mass is 10.1. The minimum absolute atomic E-state index is 0. The Balaban J connectivity index is 0.00000204. The highest BCUT2D eigenvalue weighted by atomic mass is 35.5. The second-order valence-electron chi connectivity index (χ2n) is 7.49. The molecule has 4 rings (SSSR count). The molecule has 1 saturated heterocycles. The highest BCUT2D eigenvalue weighted by molar-refractivity contribution is 7.12. The number of carbonyl (C=O) groups is 3. The number of furan rings is 1. The third kappa shape index (κ3) is 6.27. The van der Waals surface area contributed by atoms with Gasteiger partial charge in [-0.25, -0.2) is 4.79 Å². The molecule has 0 saturated carbocycles. The Labute approximate surface area is 214 Å². The van der Waals surface area contributed by atoms with Gasteiger partial charge in [0.25, 0.3) is 5.91 Å². The van der Waals surface area contributed by atoms with E-state index in [1.807, 2.05) is 35.2 Å². The van der Waals surface area contributed by atoms with Crippen LogP contribution in [-0.2, 0) is 4.74 Å². The quantitative estimate of drug-likeness (QED) is 0.330. The van der Waals surface area contributed by atoms with Gasteiger partial charge in [0.05, 0.1) is 7.11 Å². The van der Waals surface area contributed by atoms with Gasteiger partial charge in [0.1, 0.15) is 10.6 Å². The molecule has 3 heterocycles. The lowest BCUT2D eigenvalue weighted by Crippen LogP contribution is -2.49. The Morgan fingerprint density at radius 1 is 0.971 bits per heavy atom.